The molecular weight excluding hydrogens is 192 g/mol. The summed E-state index contributed by atoms with van der Waals surface area (Å²) in [4.78, 5) is 1.06. The normalized spacial score (nSPS) is 8.75. The van der Waals surface area contributed by atoms with Crippen LogP contribution in [0.3, 0.4) is 0 Å². The first-order valence-corrected chi connectivity index (χ1v) is 4.45. The fourth-order valence-electron chi connectivity index (χ4n) is 0.867. The fraction of sp³-hybridized carbons (Fsp3) is 0.125. The van der Waals surface area contributed by atoms with Gasteiger partial charge in [-0.05, 0) is 12.3 Å². The smallest absolute Gasteiger partial charge is 0.123 e. The third kappa shape index (κ3) is 2.43. The summed E-state index contributed by atoms with van der Waals surface area (Å²) in [7, 11) is 0. The molecule has 0 unspecified atom stereocenters. The SMILES string of the molecule is CSc1ccccc1C(=N)N.Cl. The van der Waals surface area contributed by atoms with Gasteiger partial charge in [0, 0.05) is 10.5 Å². The first-order valence-electron chi connectivity index (χ1n) is 3.23. The molecule has 1 aromatic carbocycles. The maximum atomic E-state index is 7.24. The number of hydrogen-bond acceptors (Lipinski definition) is 2. The molecule has 0 saturated heterocycles. The second-order valence-electron chi connectivity index (χ2n) is 2.11. The van der Waals surface area contributed by atoms with E-state index in [1.165, 1.54) is 0 Å². The quantitative estimate of drug-likeness (QED) is 0.439. The van der Waals surface area contributed by atoms with E-state index >= 15 is 0 Å². The minimum Gasteiger partial charge on any atom is -0.384 e. The maximum Gasteiger partial charge on any atom is 0.123 e. The van der Waals surface area contributed by atoms with Crippen molar-refractivity contribution in [3.8, 4) is 0 Å². The van der Waals surface area contributed by atoms with Crippen molar-refractivity contribution >= 4 is 30.0 Å². The van der Waals surface area contributed by atoms with Crippen molar-refractivity contribution in [3.05, 3.63) is 29.8 Å². The molecule has 0 spiro atoms. The van der Waals surface area contributed by atoms with E-state index in [1.54, 1.807) is 11.8 Å². The van der Waals surface area contributed by atoms with Crippen LogP contribution in [0.2, 0.25) is 0 Å². The lowest BCUT2D eigenvalue weighted by molar-refractivity contribution is 1.35. The molecule has 3 N–H and O–H groups in total. The molecule has 2 nitrogen and oxygen atoms in total. The largest absolute Gasteiger partial charge is 0.384 e. The van der Waals surface area contributed by atoms with Crippen LogP contribution in [-0.2, 0) is 0 Å². The highest BCUT2D eigenvalue weighted by atomic mass is 35.5. The number of thioether (sulfide) groups is 1. The van der Waals surface area contributed by atoms with Gasteiger partial charge in [-0.25, -0.2) is 0 Å². The monoisotopic (exact) mass is 202 g/mol. The zero-order chi connectivity index (χ0) is 8.27. The molecule has 0 heterocycles. The summed E-state index contributed by atoms with van der Waals surface area (Å²) >= 11 is 1.60. The third-order valence-electron chi connectivity index (χ3n) is 1.40. The summed E-state index contributed by atoms with van der Waals surface area (Å²) in [5.74, 6) is 0.134. The van der Waals surface area contributed by atoms with E-state index in [4.69, 9.17) is 11.1 Å². The molecule has 0 aliphatic heterocycles. The standard InChI is InChI=1S/C8H10N2S.ClH/c1-11-7-5-3-2-4-6(7)8(9)10;/h2-5H,1H3,(H3,9,10);1H. The Morgan fingerprint density at radius 2 is 2.00 bits per heavy atom. The Labute approximate surface area is 82.5 Å². The lowest BCUT2D eigenvalue weighted by Gasteiger charge is -2.03. The van der Waals surface area contributed by atoms with E-state index in [2.05, 4.69) is 0 Å². The minimum atomic E-state index is 0. The molecular formula is C8H11ClN2S. The Morgan fingerprint density at radius 3 is 2.42 bits per heavy atom. The van der Waals surface area contributed by atoms with Crippen molar-refractivity contribution in [1.82, 2.24) is 0 Å². The Kier molecular flexibility index (Phi) is 4.78. The molecule has 12 heavy (non-hydrogen) atoms. The van der Waals surface area contributed by atoms with E-state index in [0.29, 0.717) is 0 Å². The van der Waals surface area contributed by atoms with Gasteiger partial charge in [-0.3, -0.25) is 5.41 Å². The van der Waals surface area contributed by atoms with E-state index in [-0.39, 0.29) is 18.2 Å². The van der Waals surface area contributed by atoms with Gasteiger partial charge in [0.1, 0.15) is 5.84 Å². The molecule has 4 heteroatoms. The summed E-state index contributed by atoms with van der Waals surface area (Å²) < 4.78 is 0. The van der Waals surface area contributed by atoms with Gasteiger partial charge in [0.25, 0.3) is 0 Å². The zero-order valence-corrected chi connectivity index (χ0v) is 8.34. The first kappa shape index (κ1) is 11.3. The average Bonchev–Trinajstić information content (AvgIpc) is 2.04. The van der Waals surface area contributed by atoms with Crippen LogP contribution in [0.15, 0.2) is 29.2 Å². The van der Waals surface area contributed by atoms with E-state index in [0.717, 1.165) is 10.5 Å². The number of halogens is 1. The minimum absolute atomic E-state index is 0. The molecule has 0 amide bonds. The third-order valence-corrected chi connectivity index (χ3v) is 2.19. The molecule has 0 aliphatic carbocycles. The molecule has 0 fully saturated rings. The fourth-order valence-corrected chi connectivity index (χ4v) is 1.48. The second-order valence-corrected chi connectivity index (χ2v) is 2.96. The number of nitrogens with two attached hydrogens (primary N) is 1. The van der Waals surface area contributed by atoms with Crippen molar-refractivity contribution in [1.29, 1.82) is 5.41 Å². The van der Waals surface area contributed by atoms with Crippen LogP contribution in [0.25, 0.3) is 0 Å². The molecule has 0 aromatic heterocycles. The molecule has 1 rings (SSSR count). The number of benzene rings is 1. The molecule has 0 radical (unpaired) electrons. The summed E-state index contributed by atoms with van der Waals surface area (Å²) in [5, 5.41) is 7.24. The van der Waals surface area contributed by atoms with Crippen molar-refractivity contribution in [2.24, 2.45) is 5.73 Å². The van der Waals surface area contributed by atoms with Crippen LogP contribution in [0, 0.1) is 5.41 Å². The Bertz CT molecular complexity index is 276. The maximum absolute atomic E-state index is 7.24. The first-order chi connectivity index (χ1) is 5.25. The van der Waals surface area contributed by atoms with Crippen molar-refractivity contribution in [2.45, 2.75) is 4.90 Å². The van der Waals surface area contributed by atoms with Crippen LogP contribution in [-0.4, -0.2) is 12.1 Å². The molecule has 0 aliphatic rings. The molecule has 0 saturated carbocycles. The van der Waals surface area contributed by atoms with Gasteiger partial charge >= 0.3 is 0 Å². The Hall–Kier alpha value is -0.670. The number of nitrogen functional groups attached to an aromatic ring is 1. The van der Waals surface area contributed by atoms with Crippen LogP contribution in [0.4, 0.5) is 0 Å². The van der Waals surface area contributed by atoms with Gasteiger partial charge in [-0.2, -0.15) is 0 Å². The predicted octanol–water partition coefficient (Wildman–Crippen LogP) is 2.11. The van der Waals surface area contributed by atoms with Crippen LogP contribution < -0.4 is 5.73 Å². The topological polar surface area (TPSA) is 49.9 Å². The Morgan fingerprint density at radius 1 is 1.42 bits per heavy atom. The summed E-state index contributed by atoms with van der Waals surface area (Å²) in [6.45, 7) is 0. The number of hydrogen-bond donors (Lipinski definition) is 2. The average molecular weight is 203 g/mol. The van der Waals surface area contributed by atoms with Crippen LogP contribution in [0.1, 0.15) is 5.56 Å². The molecule has 1 aromatic rings. The van der Waals surface area contributed by atoms with Crippen molar-refractivity contribution < 1.29 is 0 Å². The van der Waals surface area contributed by atoms with E-state index < -0.39 is 0 Å². The lowest BCUT2D eigenvalue weighted by atomic mass is 10.2. The highest BCUT2D eigenvalue weighted by molar-refractivity contribution is 7.98. The van der Waals surface area contributed by atoms with Crippen molar-refractivity contribution in [3.63, 3.8) is 0 Å². The van der Waals surface area contributed by atoms with Crippen LogP contribution in [0.5, 0.6) is 0 Å². The number of nitrogens with one attached hydrogen (secondary N) is 1. The molecule has 66 valence electrons. The lowest BCUT2D eigenvalue weighted by Crippen LogP contribution is -2.11. The van der Waals surface area contributed by atoms with E-state index in [9.17, 15) is 0 Å². The second kappa shape index (κ2) is 5.06. The van der Waals surface area contributed by atoms with Gasteiger partial charge in [0.05, 0.1) is 0 Å². The zero-order valence-electron chi connectivity index (χ0n) is 6.70. The van der Waals surface area contributed by atoms with Crippen LogP contribution >= 0.6 is 24.2 Å². The van der Waals surface area contributed by atoms with E-state index in [1.807, 2.05) is 30.5 Å². The number of rotatable bonds is 2. The summed E-state index contributed by atoms with van der Waals surface area (Å²) in [5.41, 5.74) is 6.18. The highest BCUT2D eigenvalue weighted by Crippen LogP contribution is 2.18. The molecule has 0 atom stereocenters. The van der Waals surface area contributed by atoms with Gasteiger partial charge in [-0.1, -0.05) is 18.2 Å². The van der Waals surface area contributed by atoms with Gasteiger partial charge in [0.15, 0.2) is 0 Å². The summed E-state index contributed by atoms with van der Waals surface area (Å²) in [6, 6.07) is 7.64. The van der Waals surface area contributed by atoms with Gasteiger partial charge < -0.3 is 5.73 Å². The van der Waals surface area contributed by atoms with Crippen molar-refractivity contribution in [2.75, 3.05) is 6.26 Å². The van der Waals surface area contributed by atoms with Gasteiger partial charge in [0.2, 0.25) is 0 Å². The highest BCUT2D eigenvalue weighted by Gasteiger charge is 2.00. The summed E-state index contributed by atoms with van der Waals surface area (Å²) in [6.07, 6.45) is 1.97. The molecule has 0 bridgehead atoms. The Balaban J connectivity index is 0.00000121. The predicted molar refractivity (Wildman–Crippen MR) is 56.5 cm³/mol. The van der Waals surface area contributed by atoms with Gasteiger partial charge in [-0.15, -0.1) is 24.2 Å². The number of amidine groups is 1.